The summed E-state index contributed by atoms with van der Waals surface area (Å²) in [6, 6.07) is 19.5. The molecule has 4 heterocycles. The van der Waals surface area contributed by atoms with Gasteiger partial charge >= 0.3 is 11.4 Å². The van der Waals surface area contributed by atoms with Gasteiger partial charge in [0.2, 0.25) is 0 Å². The molecule has 1 atom stereocenters. The highest BCUT2D eigenvalue weighted by molar-refractivity contribution is 6.31. The third-order valence-corrected chi connectivity index (χ3v) is 8.89. The van der Waals surface area contributed by atoms with E-state index < -0.39 is 17.4 Å². The first-order valence-corrected chi connectivity index (χ1v) is 17.5. The molecule has 0 radical (unpaired) electrons. The largest absolute Gasteiger partial charge is 0.384 e. The van der Waals surface area contributed by atoms with E-state index in [-0.39, 0.29) is 32.5 Å². The minimum absolute atomic E-state index is 0.0478. The molecule has 0 spiro atoms. The van der Waals surface area contributed by atoms with Crippen LogP contribution in [0.4, 0.5) is 0 Å². The third kappa shape index (κ3) is 8.82. The molecular weight excluding hydrogens is 707 g/mol. The summed E-state index contributed by atoms with van der Waals surface area (Å²) in [5.74, 6) is 0. The van der Waals surface area contributed by atoms with Crippen LogP contribution < -0.4 is 22.5 Å². The van der Waals surface area contributed by atoms with Gasteiger partial charge in [-0.25, -0.2) is 19.6 Å². The van der Waals surface area contributed by atoms with Gasteiger partial charge in [-0.3, -0.25) is 32.7 Å². The Morgan fingerprint density at radius 2 is 1.27 bits per heavy atom. The number of nitrogens with zero attached hydrogens (tertiary/aromatic N) is 6. The Labute approximate surface area is 309 Å². The fraction of sp³-hybridized carbons (Fsp3) is 0.289. The number of pyridine rings is 2. The first kappa shape index (κ1) is 39.6. The molecule has 1 N–H and O–H groups in total. The van der Waals surface area contributed by atoms with Gasteiger partial charge in [0.15, 0.2) is 0 Å². The summed E-state index contributed by atoms with van der Waals surface area (Å²) in [6.07, 6.45) is 5.82. The van der Waals surface area contributed by atoms with Crippen LogP contribution in [0.15, 0.2) is 98.3 Å². The average molecular weight is 748 g/mol. The van der Waals surface area contributed by atoms with Gasteiger partial charge in [-0.1, -0.05) is 111 Å². The molecule has 1 unspecified atom stereocenters. The first-order chi connectivity index (χ1) is 25.0. The molecule has 0 aliphatic rings. The zero-order chi connectivity index (χ0) is 37.9. The van der Waals surface area contributed by atoms with E-state index in [2.05, 4.69) is 9.97 Å². The van der Waals surface area contributed by atoms with E-state index in [0.717, 1.165) is 31.1 Å². The molecule has 0 aliphatic heterocycles. The molecule has 2 aromatic carbocycles. The summed E-state index contributed by atoms with van der Waals surface area (Å²) in [5, 5.41) is 11.8. The molecule has 14 heteroatoms. The van der Waals surface area contributed by atoms with Crippen molar-refractivity contribution in [3.63, 3.8) is 0 Å². The maximum absolute atomic E-state index is 13.1. The molecule has 0 bridgehead atoms. The van der Waals surface area contributed by atoms with Crippen molar-refractivity contribution in [1.82, 2.24) is 28.2 Å². The molecule has 0 saturated heterocycles. The van der Waals surface area contributed by atoms with E-state index in [1.807, 2.05) is 38.1 Å². The maximum atomic E-state index is 13.1. The van der Waals surface area contributed by atoms with Crippen LogP contribution >= 0.6 is 23.2 Å². The zero-order valence-electron chi connectivity index (χ0n) is 29.3. The summed E-state index contributed by atoms with van der Waals surface area (Å²) in [6.45, 7) is 4.75. The summed E-state index contributed by atoms with van der Waals surface area (Å²) >= 11 is 12.1. The van der Waals surface area contributed by atoms with E-state index in [1.165, 1.54) is 36.7 Å². The van der Waals surface area contributed by atoms with E-state index in [9.17, 15) is 29.1 Å². The lowest BCUT2D eigenvalue weighted by atomic mass is 10.00. The minimum Gasteiger partial charge on any atom is -0.384 e. The standard InChI is InChI=1S/C19H20ClN3O3.C12H14ClN3O2.C7H6O/c1-3-4-10-23-18(25)14-13(22(2)19(23)26)11-21-17(20)15(14)16(24)12-8-6-5-7-9-12;1-3-4-5-16-11(17)8-6-10(13)14-7-9(8)15(2)12(16)18;8-6-7-4-2-1-3-5-7/h5-9,11,16,24H,3-4,10H2,1-2H3;6-7H,3-5H2,1-2H3;1-6H. The van der Waals surface area contributed by atoms with Crippen LogP contribution in [-0.4, -0.2) is 39.6 Å². The summed E-state index contributed by atoms with van der Waals surface area (Å²) in [5.41, 5.74) is 0.928. The number of halogens is 2. The van der Waals surface area contributed by atoms with E-state index in [0.29, 0.717) is 41.5 Å². The second-order valence-electron chi connectivity index (χ2n) is 11.9. The minimum atomic E-state index is -1.12. The van der Waals surface area contributed by atoms with Crippen LogP contribution in [0.1, 0.15) is 67.1 Å². The van der Waals surface area contributed by atoms with Crippen LogP contribution in [0.5, 0.6) is 0 Å². The molecule has 0 amide bonds. The molecule has 0 saturated carbocycles. The maximum Gasteiger partial charge on any atom is 0.331 e. The molecular formula is C38H40Cl2N6O6. The lowest BCUT2D eigenvalue weighted by molar-refractivity contribution is 0.112. The summed E-state index contributed by atoms with van der Waals surface area (Å²) in [4.78, 5) is 67.9. The molecule has 6 rings (SSSR count). The van der Waals surface area contributed by atoms with E-state index in [4.69, 9.17) is 23.2 Å². The number of unbranched alkanes of at least 4 members (excludes halogenated alkanes) is 2. The number of carbonyl (C=O) groups excluding carboxylic acids is 1. The first-order valence-electron chi connectivity index (χ1n) is 16.7. The van der Waals surface area contributed by atoms with Gasteiger partial charge < -0.3 is 5.11 Å². The molecule has 272 valence electrons. The van der Waals surface area contributed by atoms with Crippen molar-refractivity contribution < 1.29 is 9.90 Å². The quantitative estimate of drug-likeness (QED) is 0.147. The van der Waals surface area contributed by atoms with Gasteiger partial charge in [0.25, 0.3) is 11.1 Å². The fourth-order valence-corrected chi connectivity index (χ4v) is 5.87. The fourth-order valence-electron chi connectivity index (χ4n) is 5.47. The van der Waals surface area contributed by atoms with E-state index >= 15 is 0 Å². The molecule has 4 aromatic heterocycles. The number of aryl methyl sites for hydroxylation is 2. The van der Waals surface area contributed by atoms with Crippen LogP contribution in [-0.2, 0) is 27.2 Å². The highest BCUT2D eigenvalue weighted by atomic mass is 35.5. The highest BCUT2D eigenvalue weighted by Crippen LogP contribution is 2.31. The van der Waals surface area contributed by atoms with Crippen LogP contribution in [0.25, 0.3) is 21.8 Å². The molecule has 6 aromatic rings. The number of aldehydes is 1. The highest BCUT2D eigenvalue weighted by Gasteiger charge is 2.23. The number of aliphatic hydroxyl groups is 1. The normalized spacial score (nSPS) is 11.4. The van der Waals surface area contributed by atoms with Crippen LogP contribution in [0.2, 0.25) is 10.3 Å². The van der Waals surface area contributed by atoms with E-state index in [1.54, 1.807) is 50.5 Å². The number of rotatable bonds is 9. The Balaban J connectivity index is 0.000000200. The SMILES string of the molecule is CCCCn1c(=O)c2c(C(O)c3ccccc3)c(Cl)ncc2n(C)c1=O.CCCCn1c(=O)c2cc(Cl)ncc2n(C)c1=O.O=Cc1ccccc1. The third-order valence-electron chi connectivity index (χ3n) is 8.39. The molecule has 52 heavy (non-hydrogen) atoms. The summed E-state index contributed by atoms with van der Waals surface area (Å²) < 4.78 is 5.25. The van der Waals surface area contributed by atoms with Gasteiger partial charge in [-0.2, -0.15) is 0 Å². The number of benzene rings is 2. The van der Waals surface area contributed by atoms with Crippen molar-refractivity contribution in [2.75, 3.05) is 0 Å². The average Bonchev–Trinajstić information content (AvgIpc) is 3.17. The van der Waals surface area contributed by atoms with Gasteiger partial charge in [0, 0.05) is 38.3 Å². The number of aromatic nitrogens is 6. The predicted molar refractivity (Wildman–Crippen MR) is 205 cm³/mol. The smallest absolute Gasteiger partial charge is 0.331 e. The summed E-state index contributed by atoms with van der Waals surface area (Å²) in [7, 11) is 3.21. The molecule has 12 nitrogen and oxygen atoms in total. The Hall–Kier alpha value is -5.17. The van der Waals surface area contributed by atoms with Gasteiger partial charge in [-0.15, -0.1) is 0 Å². The zero-order valence-corrected chi connectivity index (χ0v) is 30.8. The molecule has 0 fully saturated rings. The van der Waals surface area contributed by atoms with Gasteiger partial charge in [0.05, 0.1) is 34.2 Å². The van der Waals surface area contributed by atoms with Gasteiger partial charge in [0.1, 0.15) is 22.7 Å². The number of hydrogen-bond donors (Lipinski definition) is 1. The Bertz CT molecular complexity index is 2410. The van der Waals surface area contributed by atoms with Gasteiger partial charge in [-0.05, 0) is 24.5 Å². The van der Waals surface area contributed by atoms with Crippen molar-refractivity contribution in [2.45, 2.75) is 58.7 Å². The van der Waals surface area contributed by atoms with Crippen molar-refractivity contribution in [3.05, 3.63) is 148 Å². The van der Waals surface area contributed by atoms with Crippen LogP contribution in [0, 0.1) is 0 Å². The number of fused-ring (bicyclic) bond motifs is 2. The topological polar surface area (TPSA) is 151 Å². The van der Waals surface area contributed by atoms with Crippen molar-refractivity contribution >= 4 is 51.3 Å². The molecule has 0 aliphatic carbocycles. The Morgan fingerprint density at radius 3 is 1.81 bits per heavy atom. The van der Waals surface area contributed by atoms with Crippen molar-refractivity contribution in [3.8, 4) is 0 Å². The van der Waals surface area contributed by atoms with Crippen molar-refractivity contribution in [2.24, 2.45) is 14.1 Å². The van der Waals surface area contributed by atoms with Crippen molar-refractivity contribution in [1.29, 1.82) is 0 Å². The number of hydrogen-bond acceptors (Lipinski definition) is 8. The van der Waals surface area contributed by atoms with Crippen LogP contribution in [0.3, 0.4) is 0 Å². The Morgan fingerprint density at radius 1 is 0.750 bits per heavy atom. The Kier molecular flexibility index (Phi) is 14.0. The monoisotopic (exact) mass is 746 g/mol. The predicted octanol–water partition coefficient (Wildman–Crippen LogP) is 5.68. The lowest BCUT2D eigenvalue weighted by Crippen LogP contribution is -2.39. The number of carbonyl (C=O) groups is 1. The lowest BCUT2D eigenvalue weighted by Gasteiger charge is -2.17. The number of aliphatic hydroxyl groups excluding tert-OH is 1. The second kappa shape index (κ2) is 18.4. The second-order valence-corrected chi connectivity index (χ2v) is 12.6.